The van der Waals surface area contributed by atoms with Crippen molar-refractivity contribution in [3.05, 3.63) is 35.9 Å². The Morgan fingerprint density at radius 1 is 0.575 bits per heavy atom. The molecular weight excluding hydrogens is 965 g/mol. The van der Waals surface area contributed by atoms with E-state index in [0.717, 1.165) is 9.80 Å². The van der Waals surface area contributed by atoms with E-state index in [1.165, 1.54) is 21.0 Å². The topological polar surface area (TPSA) is 455 Å². The molecule has 0 heterocycles. The standard InChI is InChI=1S/C45H72N12O16/c1-8-23(4)36(42(69)52-27(14-22(2)3)38(65)54-31(20-59)41(68)55-32(21-60)45(72)73)57(7)43(70)24(5)49-35(63)18-56(6)44(71)30(15-25-12-10-9-11-13-25)53-40(67)29(17-34(48)62)51-39(66)28(16-33(47)61)50-37(64)26(46)19-58/h9-13,22-24,26-32,36,58-60H,8,14-21,46H2,1-7H3,(H2,47,61)(H2,48,62)(H,49,63)(H,50,64)(H,51,66)(H,52,69)(H,53,67)(H,54,65)(H,55,68)(H,72,73)/t23-,24-,26-,27-,28-,29-,30-,31-,32-,36-/m0/s1. The molecule has 0 aliphatic rings. The number of carbonyl (C=O) groups excluding carboxylic acids is 11. The Kier molecular flexibility index (Phi) is 27.2. The molecule has 28 nitrogen and oxygen atoms in total. The van der Waals surface area contributed by atoms with Gasteiger partial charge in [-0.3, -0.25) is 52.7 Å². The number of carbonyl (C=O) groups is 12. The SMILES string of the molecule is CC[C@H](C)[C@@H](C(=O)N[C@@H](CC(C)C)C(=O)N[C@@H](CO)C(=O)N[C@@H](CO)C(=O)O)N(C)C(=O)[C@H](C)NC(=O)CN(C)C(=O)[C@H](Cc1ccccc1)NC(=O)[C@H](CC(N)=O)NC(=O)[C@H](CC(N)=O)NC(=O)[C@@H](N)CO. The second-order valence-corrected chi connectivity index (χ2v) is 17.8. The van der Waals surface area contributed by atoms with Crippen LogP contribution in [0.2, 0.25) is 0 Å². The minimum atomic E-state index is -1.79. The number of aliphatic hydroxyl groups is 3. The lowest BCUT2D eigenvalue weighted by atomic mass is 9.95. The van der Waals surface area contributed by atoms with Crippen LogP contribution in [0.15, 0.2) is 30.3 Å². The predicted molar refractivity (Wildman–Crippen MR) is 257 cm³/mol. The number of carboxylic acid groups (broad SMARTS) is 1. The van der Waals surface area contributed by atoms with Crippen molar-refractivity contribution in [3.8, 4) is 0 Å². The maximum atomic E-state index is 14.0. The van der Waals surface area contributed by atoms with Crippen molar-refractivity contribution in [2.45, 2.75) is 121 Å². The van der Waals surface area contributed by atoms with Crippen molar-refractivity contribution in [1.29, 1.82) is 0 Å². The molecule has 0 saturated carbocycles. The predicted octanol–water partition coefficient (Wildman–Crippen LogP) is -6.84. The lowest BCUT2D eigenvalue weighted by Gasteiger charge is -2.34. The van der Waals surface area contributed by atoms with Crippen LogP contribution in [0, 0.1) is 11.8 Å². The average molecular weight is 1040 g/mol. The normalized spacial score (nSPS) is 15.1. The summed E-state index contributed by atoms with van der Waals surface area (Å²) in [5.41, 5.74) is 16.6. The number of aliphatic hydroxyl groups excluding tert-OH is 3. The van der Waals surface area contributed by atoms with Gasteiger partial charge in [0.1, 0.15) is 54.4 Å². The van der Waals surface area contributed by atoms with E-state index in [2.05, 4.69) is 31.9 Å². The fourth-order valence-electron chi connectivity index (χ4n) is 7.05. The molecule has 0 spiro atoms. The highest BCUT2D eigenvalue weighted by Gasteiger charge is 2.38. The van der Waals surface area contributed by atoms with Crippen LogP contribution >= 0.6 is 0 Å². The summed E-state index contributed by atoms with van der Waals surface area (Å²) in [7, 11) is 2.51. The van der Waals surface area contributed by atoms with E-state index in [9.17, 15) is 78.0 Å². The summed E-state index contributed by atoms with van der Waals surface area (Å²) in [6, 6.07) is -5.59. The summed E-state index contributed by atoms with van der Waals surface area (Å²) in [6.07, 6.45) is -1.46. The molecule has 1 aromatic rings. The van der Waals surface area contributed by atoms with Gasteiger partial charge in [0.15, 0.2) is 0 Å². The number of rotatable bonds is 32. The number of hydrogen-bond donors (Lipinski definition) is 14. The number of carboxylic acids is 1. The number of hydrogen-bond acceptors (Lipinski definition) is 16. The Morgan fingerprint density at radius 2 is 1.03 bits per heavy atom. The minimum Gasteiger partial charge on any atom is -0.480 e. The molecule has 28 heteroatoms. The number of benzene rings is 1. The first-order chi connectivity index (χ1) is 34.1. The van der Waals surface area contributed by atoms with Crippen LogP contribution in [0.3, 0.4) is 0 Å². The molecule has 0 unspecified atom stereocenters. The number of nitrogens with one attached hydrogen (secondary N) is 7. The molecule has 73 heavy (non-hydrogen) atoms. The Hall–Kier alpha value is -7.30. The van der Waals surface area contributed by atoms with Gasteiger partial charge in [-0.05, 0) is 30.7 Å². The van der Waals surface area contributed by atoms with Gasteiger partial charge < -0.3 is 84.6 Å². The molecule has 0 fully saturated rings. The summed E-state index contributed by atoms with van der Waals surface area (Å²) in [5, 5.41) is 53.7. The Balaban J connectivity index is 3.32. The second-order valence-electron chi connectivity index (χ2n) is 17.8. The summed E-state index contributed by atoms with van der Waals surface area (Å²) in [4.78, 5) is 158. The third-order valence-electron chi connectivity index (χ3n) is 11.2. The number of aliphatic carboxylic acids is 1. The first kappa shape index (κ1) is 63.7. The van der Waals surface area contributed by atoms with Gasteiger partial charge in [0.05, 0.1) is 39.2 Å². The third-order valence-corrected chi connectivity index (χ3v) is 11.2. The van der Waals surface area contributed by atoms with E-state index >= 15 is 0 Å². The highest BCUT2D eigenvalue weighted by atomic mass is 16.4. The van der Waals surface area contributed by atoms with Crippen LogP contribution in [0.4, 0.5) is 0 Å². The summed E-state index contributed by atoms with van der Waals surface area (Å²) in [5.74, 6) is -13.2. The van der Waals surface area contributed by atoms with Crippen LogP contribution < -0.4 is 54.4 Å². The van der Waals surface area contributed by atoms with Gasteiger partial charge in [-0.2, -0.15) is 0 Å². The molecule has 1 aromatic carbocycles. The van der Waals surface area contributed by atoms with E-state index in [4.69, 9.17) is 17.2 Å². The van der Waals surface area contributed by atoms with E-state index in [1.807, 2.05) is 5.32 Å². The molecule has 0 aliphatic heterocycles. The van der Waals surface area contributed by atoms with Crippen LogP contribution in [0.5, 0.6) is 0 Å². The van der Waals surface area contributed by atoms with Gasteiger partial charge in [-0.25, -0.2) is 4.79 Å². The number of amides is 11. The molecule has 17 N–H and O–H groups in total. The maximum absolute atomic E-state index is 14.0. The molecule has 1 rings (SSSR count). The number of nitrogens with two attached hydrogens (primary N) is 3. The van der Waals surface area contributed by atoms with Gasteiger partial charge in [-0.1, -0.05) is 64.4 Å². The van der Waals surface area contributed by atoms with E-state index in [0.29, 0.717) is 12.0 Å². The molecule has 0 saturated heterocycles. The zero-order chi connectivity index (χ0) is 55.9. The largest absolute Gasteiger partial charge is 0.480 e. The first-order valence-electron chi connectivity index (χ1n) is 23.2. The molecule has 0 radical (unpaired) electrons. The molecular formula is C45H72N12O16. The van der Waals surface area contributed by atoms with Gasteiger partial charge in [0, 0.05) is 20.5 Å². The summed E-state index contributed by atoms with van der Waals surface area (Å²) >= 11 is 0. The second kappa shape index (κ2) is 31.2. The van der Waals surface area contributed by atoms with Crippen molar-refractivity contribution in [2.24, 2.45) is 29.0 Å². The summed E-state index contributed by atoms with van der Waals surface area (Å²) < 4.78 is 0. The average Bonchev–Trinajstić information content (AvgIpc) is 3.32. The first-order valence-corrected chi connectivity index (χ1v) is 23.2. The monoisotopic (exact) mass is 1040 g/mol. The smallest absolute Gasteiger partial charge is 0.328 e. The van der Waals surface area contributed by atoms with Gasteiger partial charge in [0.2, 0.25) is 65.0 Å². The zero-order valence-corrected chi connectivity index (χ0v) is 41.9. The van der Waals surface area contributed by atoms with E-state index in [1.54, 1.807) is 58.0 Å². The Morgan fingerprint density at radius 3 is 1.49 bits per heavy atom. The zero-order valence-electron chi connectivity index (χ0n) is 41.9. The molecule has 0 bridgehead atoms. The van der Waals surface area contributed by atoms with Crippen molar-refractivity contribution < 1.29 is 78.0 Å². The number of likely N-dealkylation sites (N-methyl/N-ethyl adjacent to an activating group) is 2. The van der Waals surface area contributed by atoms with Gasteiger partial charge in [-0.15, -0.1) is 0 Å². The lowest BCUT2D eigenvalue weighted by Crippen LogP contribution is -2.61. The third kappa shape index (κ3) is 21.5. The number of nitrogens with zero attached hydrogens (tertiary/aromatic N) is 2. The van der Waals surface area contributed by atoms with Crippen molar-refractivity contribution in [3.63, 3.8) is 0 Å². The van der Waals surface area contributed by atoms with Gasteiger partial charge in [0.25, 0.3) is 0 Å². The quantitative estimate of drug-likeness (QED) is 0.0319. The van der Waals surface area contributed by atoms with Crippen LogP contribution in [0.25, 0.3) is 0 Å². The highest BCUT2D eigenvalue weighted by Crippen LogP contribution is 2.17. The number of primary amides is 2. The fraction of sp³-hybridized carbons (Fsp3) is 0.600. The molecule has 0 aromatic heterocycles. The minimum absolute atomic E-state index is 0.0120. The van der Waals surface area contributed by atoms with E-state index in [-0.39, 0.29) is 18.8 Å². The Bertz CT molecular complexity index is 2110. The molecule has 0 aliphatic carbocycles. The summed E-state index contributed by atoms with van der Waals surface area (Å²) in [6.45, 7) is 4.71. The molecule has 10 atom stereocenters. The van der Waals surface area contributed by atoms with Crippen molar-refractivity contribution >= 4 is 70.9 Å². The molecule has 11 amide bonds. The Labute approximate surface area is 421 Å². The lowest BCUT2D eigenvalue weighted by molar-refractivity contribution is -0.145. The van der Waals surface area contributed by atoms with E-state index < -0.39 is 170 Å². The van der Waals surface area contributed by atoms with Crippen molar-refractivity contribution in [2.75, 3.05) is 40.5 Å². The van der Waals surface area contributed by atoms with Gasteiger partial charge >= 0.3 is 5.97 Å². The maximum Gasteiger partial charge on any atom is 0.328 e. The molecule has 408 valence electrons. The van der Waals surface area contributed by atoms with Crippen LogP contribution in [-0.4, -0.2) is 196 Å². The van der Waals surface area contributed by atoms with Crippen LogP contribution in [-0.2, 0) is 64.0 Å². The fourth-order valence-corrected chi connectivity index (χ4v) is 7.05. The van der Waals surface area contributed by atoms with Crippen molar-refractivity contribution in [1.82, 2.24) is 47.0 Å². The van der Waals surface area contributed by atoms with Crippen LogP contribution in [0.1, 0.15) is 65.9 Å². The highest BCUT2D eigenvalue weighted by molar-refractivity contribution is 5.99.